The molecule has 0 aromatic heterocycles. The van der Waals surface area contributed by atoms with E-state index >= 15 is 0 Å². The van der Waals surface area contributed by atoms with Gasteiger partial charge in [0.15, 0.2) is 0 Å². The first-order valence-electron chi connectivity index (χ1n) is 6.35. The van der Waals surface area contributed by atoms with Crippen molar-refractivity contribution < 1.29 is 13.5 Å². The molecule has 1 N–H and O–H groups in total. The lowest BCUT2D eigenvalue weighted by molar-refractivity contribution is 0.466. The highest BCUT2D eigenvalue weighted by molar-refractivity contribution is 7.91. The first kappa shape index (κ1) is 14.6. The summed E-state index contributed by atoms with van der Waals surface area (Å²) in [5.41, 5.74) is 2.95. The van der Waals surface area contributed by atoms with Crippen LogP contribution in [0.25, 0.3) is 0 Å². The number of rotatable bonds is 2. The van der Waals surface area contributed by atoms with Crippen LogP contribution >= 0.6 is 0 Å². The van der Waals surface area contributed by atoms with E-state index in [2.05, 4.69) is 0 Å². The van der Waals surface area contributed by atoms with Crippen molar-refractivity contribution in [2.45, 2.75) is 37.5 Å². The van der Waals surface area contributed by atoms with Gasteiger partial charge in [-0.05, 0) is 74.2 Å². The zero-order valence-corrected chi connectivity index (χ0v) is 12.9. The van der Waals surface area contributed by atoms with Crippen LogP contribution in [-0.2, 0) is 9.84 Å². The largest absolute Gasteiger partial charge is 0.507 e. The summed E-state index contributed by atoms with van der Waals surface area (Å²) in [6.07, 6.45) is 0. The molecule has 0 saturated heterocycles. The van der Waals surface area contributed by atoms with Crippen LogP contribution in [0.3, 0.4) is 0 Å². The molecule has 2 aromatic rings. The average Bonchev–Trinajstić information content (AvgIpc) is 2.34. The van der Waals surface area contributed by atoms with Crippen LogP contribution in [0.5, 0.6) is 5.75 Å². The van der Waals surface area contributed by atoms with E-state index in [-0.39, 0.29) is 10.6 Å². The first-order valence-corrected chi connectivity index (χ1v) is 7.84. The van der Waals surface area contributed by atoms with Gasteiger partial charge < -0.3 is 5.11 Å². The Morgan fingerprint density at radius 1 is 0.750 bits per heavy atom. The second kappa shape index (κ2) is 4.94. The number of aromatic hydroxyl groups is 1. The summed E-state index contributed by atoms with van der Waals surface area (Å²) in [6, 6.07) is 8.29. The number of phenols is 1. The minimum Gasteiger partial charge on any atom is -0.507 e. The van der Waals surface area contributed by atoms with Crippen LogP contribution in [0.15, 0.2) is 40.1 Å². The average molecular weight is 290 g/mol. The van der Waals surface area contributed by atoms with Gasteiger partial charge in [0.05, 0.1) is 9.79 Å². The van der Waals surface area contributed by atoms with E-state index in [1.165, 1.54) is 12.1 Å². The highest BCUT2D eigenvalue weighted by Crippen LogP contribution is 2.29. The van der Waals surface area contributed by atoms with E-state index in [0.717, 1.165) is 11.1 Å². The Kier molecular flexibility index (Phi) is 3.61. The monoisotopic (exact) mass is 290 g/mol. The summed E-state index contributed by atoms with van der Waals surface area (Å²) in [4.78, 5) is 0.509. The van der Waals surface area contributed by atoms with Crippen molar-refractivity contribution in [2.75, 3.05) is 0 Å². The van der Waals surface area contributed by atoms with Gasteiger partial charge in [-0.1, -0.05) is 6.07 Å². The highest BCUT2D eigenvalue weighted by Gasteiger charge is 2.20. The maximum absolute atomic E-state index is 12.7. The van der Waals surface area contributed by atoms with Gasteiger partial charge in [0.1, 0.15) is 5.75 Å². The topological polar surface area (TPSA) is 54.4 Å². The van der Waals surface area contributed by atoms with Gasteiger partial charge in [0, 0.05) is 0 Å². The Balaban J connectivity index is 2.66. The zero-order chi connectivity index (χ0) is 15.1. The second-order valence-corrected chi connectivity index (χ2v) is 7.18. The summed E-state index contributed by atoms with van der Waals surface area (Å²) >= 11 is 0. The molecule has 0 radical (unpaired) electrons. The fraction of sp³-hybridized carbons (Fsp3) is 0.250. The molecule has 0 spiro atoms. The Morgan fingerprint density at radius 3 is 1.60 bits per heavy atom. The van der Waals surface area contributed by atoms with E-state index in [0.29, 0.717) is 16.0 Å². The lowest BCUT2D eigenvalue weighted by atomic mass is 10.1. The molecule has 0 fully saturated rings. The Bertz CT molecular complexity index is 731. The Hall–Kier alpha value is -1.81. The smallest absolute Gasteiger partial charge is 0.206 e. The molecule has 0 aliphatic carbocycles. The molecule has 0 atom stereocenters. The van der Waals surface area contributed by atoms with E-state index in [1.807, 2.05) is 19.9 Å². The molecule has 0 unspecified atom stereocenters. The van der Waals surface area contributed by atoms with Crippen molar-refractivity contribution in [2.24, 2.45) is 0 Å². The molecule has 0 aliphatic rings. The van der Waals surface area contributed by atoms with Crippen LogP contribution in [0.1, 0.15) is 22.3 Å². The predicted molar refractivity (Wildman–Crippen MR) is 78.9 cm³/mol. The summed E-state index contributed by atoms with van der Waals surface area (Å²) < 4.78 is 25.3. The van der Waals surface area contributed by atoms with Gasteiger partial charge in [0.25, 0.3) is 0 Å². The van der Waals surface area contributed by atoms with Crippen molar-refractivity contribution in [1.82, 2.24) is 0 Å². The summed E-state index contributed by atoms with van der Waals surface area (Å²) in [6.45, 7) is 7.14. The lowest BCUT2D eigenvalue weighted by Gasteiger charge is -2.10. The summed E-state index contributed by atoms with van der Waals surface area (Å²) in [7, 11) is -3.56. The third kappa shape index (κ3) is 2.56. The van der Waals surface area contributed by atoms with Crippen LogP contribution in [0.4, 0.5) is 0 Å². The number of sulfone groups is 1. The first-order chi connectivity index (χ1) is 9.21. The van der Waals surface area contributed by atoms with Crippen LogP contribution in [0, 0.1) is 27.7 Å². The minimum absolute atomic E-state index is 0.143. The normalized spacial score (nSPS) is 11.6. The van der Waals surface area contributed by atoms with Crippen LogP contribution in [-0.4, -0.2) is 13.5 Å². The molecule has 3 nitrogen and oxygen atoms in total. The minimum atomic E-state index is -3.56. The molecule has 0 aliphatic heterocycles. The number of hydrogen-bond donors (Lipinski definition) is 1. The van der Waals surface area contributed by atoms with Gasteiger partial charge in [-0.3, -0.25) is 0 Å². The number of hydrogen-bond acceptors (Lipinski definition) is 3. The third-order valence-corrected chi connectivity index (χ3v) is 4.99. The number of phenolic OH excluding ortho intramolecular Hbond substituents is 1. The molecule has 0 saturated carbocycles. The van der Waals surface area contributed by atoms with Gasteiger partial charge in [0.2, 0.25) is 9.84 Å². The molecular weight excluding hydrogens is 272 g/mol. The van der Waals surface area contributed by atoms with E-state index in [9.17, 15) is 13.5 Å². The second-order valence-electron chi connectivity index (χ2n) is 5.23. The molecule has 0 heterocycles. The Morgan fingerprint density at radius 2 is 1.15 bits per heavy atom. The fourth-order valence-electron chi connectivity index (χ4n) is 2.30. The lowest BCUT2D eigenvalue weighted by Crippen LogP contribution is -2.04. The zero-order valence-electron chi connectivity index (χ0n) is 12.1. The van der Waals surface area contributed by atoms with E-state index in [4.69, 9.17) is 0 Å². The standard InChI is InChI=1S/C16H18O3S/c1-10-5-11(2)7-14(6-10)20(18,19)15-8-12(3)16(17)13(4)9-15/h5-9,17H,1-4H3. The number of aryl methyl sites for hydroxylation is 4. The molecule has 2 rings (SSSR count). The van der Waals surface area contributed by atoms with Crippen molar-refractivity contribution >= 4 is 9.84 Å². The maximum atomic E-state index is 12.7. The summed E-state index contributed by atoms with van der Waals surface area (Å²) in [5.74, 6) is 0.143. The molecule has 0 amide bonds. The number of benzene rings is 2. The molecule has 2 aromatic carbocycles. The summed E-state index contributed by atoms with van der Waals surface area (Å²) in [5, 5.41) is 9.76. The van der Waals surface area contributed by atoms with Crippen LogP contribution < -0.4 is 0 Å². The van der Waals surface area contributed by atoms with Crippen molar-refractivity contribution in [3.05, 3.63) is 52.6 Å². The third-order valence-electron chi connectivity index (χ3n) is 3.28. The fourth-order valence-corrected chi connectivity index (χ4v) is 3.91. The molecule has 4 heteroatoms. The SMILES string of the molecule is Cc1cc(C)cc(S(=O)(=O)c2cc(C)c(O)c(C)c2)c1. The molecular formula is C16H18O3S. The Labute approximate surface area is 119 Å². The molecule has 106 valence electrons. The van der Waals surface area contributed by atoms with Crippen molar-refractivity contribution in [1.29, 1.82) is 0 Å². The van der Waals surface area contributed by atoms with Gasteiger partial charge in [-0.15, -0.1) is 0 Å². The van der Waals surface area contributed by atoms with Crippen molar-refractivity contribution in [3.8, 4) is 5.75 Å². The van der Waals surface area contributed by atoms with Gasteiger partial charge in [-0.25, -0.2) is 8.42 Å². The molecule has 20 heavy (non-hydrogen) atoms. The van der Waals surface area contributed by atoms with E-state index in [1.54, 1.807) is 26.0 Å². The predicted octanol–water partition coefficient (Wildman–Crippen LogP) is 3.46. The highest BCUT2D eigenvalue weighted by atomic mass is 32.2. The van der Waals surface area contributed by atoms with Gasteiger partial charge in [-0.2, -0.15) is 0 Å². The van der Waals surface area contributed by atoms with E-state index < -0.39 is 9.84 Å². The van der Waals surface area contributed by atoms with Gasteiger partial charge >= 0.3 is 0 Å². The quantitative estimate of drug-likeness (QED) is 0.921. The maximum Gasteiger partial charge on any atom is 0.206 e. The van der Waals surface area contributed by atoms with Crippen molar-refractivity contribution in [3.63, 3.8) is 0 Å². The molecule has 0 bridgehead atoms. The van der Waals surface area contributed by atoms with Crippen LogP contribution in [0.2, 0.25) is 0 Å².